The molecule has 0 fully saturated rings. The van der Waals surface area contributed by atoms with Crippen LogP contribution in [0.3, 0.4) is 0 Å². The largest absolute Gasteiger partial charge is 0.306 e. The first-order valence-corrected chi connectivity index (χ1v) is 4.68. The van der Waals surface area contributed by atoms with E-state index in [4.69, 9.17) is 11.6 Å². The van der Waals surface area contributed by atoms with Gasteiger partial charge < -0.3 is 4.57 Å². The van der Waals surface area contributed by atoms with Crippen LogP contribution in [-0.2, 0) is 0 Å². The second-order valence-electron chi connectivity index (χ2n) is 3.22. The molecule has 0 aliphatic carbocycles. The maximum absolute atomic E-state index is 5.83. The molecule has 0 unspecified atom stereocenters. The van der Waals surface area contributed by atoms with Crippen molar-refractivity contribution in [3.63, 3.8) is 0 Å². The third kappa shape index (κ3) is 1.63. The van der Waals surface area contributed by atoms with E-state index in [0.717, 1.165) is 16.9 Å². The fourth-order valence-electron chi connectivity index (χ4n) is 1.32. The van der Waals surface area contributed by atoms with Crippen LogP contribution in [0.15, 0.2) is 24.8 Å². The molecule has 0 aliphatic heterocycles. The zero-order chi connectivity index (χ0) is 10.1. The van der Waals surface area contributed by atoms with Gasteiger partial charge in [0.15, 0.2) is 0 Å². The third-order valence-electron chi connectivity index (χ3n) is 2.03. The molecule has 4 heteroatoms. The molecule has 2 heterocycles. The summed E-state index contributed by atoms with van der Waals surface area (Å²) in [5.74, 6) is 0. The average Bonchev–Trinajstić information content (AvgIpc) is 2.56. The van der Waals surface area contributed by atoms with Gasteiger partial charge in [-0.3, -0.25) is 0 Å². The molecule has 2 aromatic heterocycles. The van der Waals surface area contributed by atoms with Gasteiger partial charge in [-0.2, -0.15) is 0 Å². The van der Waals surface area contributed by atoms with Crippen molar-refractivity contribution in [3.05, 3.63) is 41.2 Å². The molecule has 0 saturated carbocycles. The van der Waals surface area contributed by atoms with Gasteiger partial charge in [0.25, 0.3) is 0 Å². The molecule has 3 nitrogen and oxygen atoms in total. The number of aromatic nitrogens is 3. The van der Waals surface area contributed by atoms with Gasteiger partial charge in [-0.15, -0.1) is 0 Å². The van der Waals surface area contributed by atoms with Crippen molar-refractivity contribution in [2.75, 3.05) is 0 Å². The van der Waals surface area contributed by atoms with Gasteiger partial charge in [0.1, 0.15) is 5.15 Å². The minimum atomic E-state index is 0.497. The van der Waals surface area contributed by atoms with E-state index in [1.54, 1.807) is 12.5 Å². The predicted molar refractivity (Wildman–Crippen MR) is 55.8 cm³/mol. The lowest BCUT2D eigenvalue weighted by Gasteiger charge is -2.05. The first-order valence-electron chi connectivity index (χ1n) is 4.30. The lowest BCUT2D eigenvalue weighted by Crippen LogP contribution is -1.94. The normalized spacial score (nSPS) is 10.5. The summed E-state index contributed by atoms with van der Waals surface area (Å²) in [5.41, 5.74) is 3.08. The van der Waals surface area contributed by atoms with Crippen LogP contribution in [-0.4, -0.2) is 14.5 Å². The standard InChI is InChI=1S/C10H10ClN3/c1-7-4-12-10(11)3-9(7)14-5-8(2)13-6-14/h3-6H,1-2H3. The van der Waals surface area contributed by atoms with Gasteiger partial charge in [0.2, 0.25) is 0 Å². The fraction of sp³-hybridized carbons (Fsp3) is 0.200. The summed E-state index contributed by atoms with van der Waals surface area (Å²) in [4.78, 5) is 8.17. The smallest absolute Gasteiger partial charge is 0.131 e. The van der Waals surface area contributed by atoms with Crippen LogP contribution in [0, 0.1) is 13.8 Å². The van der Waals surface area contributed by atoms with Crippen molar-refractivity contribution >= 4 is 11.6 Å². The Hall–Kier alpha value is -1.35. The maximum Gasteiger partial charge on any atom is 0.131 e. The van der Waals surface area contributed by atoms with Crippen LogP contribution in [0.4, 0.5) is 0 Å². The van der Waals surface area contributed by atoms with E-state index < -0.39 is 0 Å². The van der Waals surface area contributed by atoms with Gasteiger partial charge in [0, 0.05) is 12.4 Å². The Balaban J connectivity index is 2.55. The molecule has 0 N–H and O–H groups in total. The molecule has 0 radical (unpaired) electrons. The fourth-order valence-corrected chi connectivity index (χ4v) is 1.47. The van der Waals surface area contributed by atoms with Crippen LogP contribution in [0.5, 0.6) is 0 Å². The van der Waals surface area contributed by atoms with Gasteiger partial charge in [-0.05, 0) is 25.5 Å². The molecular weight excluding hydrogens is 198 g/mol. The number of pyridine rings is 1. The van der Waals surface area contributed by atoms with Crippen molar-refractivity contribution in [2.24, 2.45) is 0 Å². The highest BCUT2D eigenvalue weighted by Crippen LogP contribution is 2.16. The Morgan fingerprint density at radius 3 is 2.71 bits per heavy atom. The number of aryl methyl sites for hydroxylation is 2. The van der Waals surface area contributed by atoms with Gasteiger partial charge in [-0.25, -0.2) is 9.97 Å². The number of halogens is 1. The minimum absolute atomic E-state index is 0.497. The molecule has 14 heavy (non-hydrogen) atoms. The quantitative estimate of drug-likeness (QED) is 0.673. The number of rotatable bonds is 1. The molecule has 0 bridgehead atoms. The highest BCUT2D eigenvalue weighted by Gasteiger charge is 2.02. The zero-order valence-electron chi connectivity index (χ0n) is 8.03. The Labute approximate surface area is 87.4 Å². The summed E-state index contributed by atoms with van der Waals surface area (Å²) in [5, 5.41) is 0.497. The molecular formula is C10H10ClN3. The number of nitrogens with zero attached hydrogens (tertiary/aromatic N) is 3. The number of imidazole rings is 1. The Bertz CT molecular complexity index is 462. The van der Waals surface area contributed by atoms with Gasteiger partial charge in [0.05, 0.1) is 17.7 Å². The lowest BCUT2D eigenvalue weighted by molar-refractivity contribution is 1.03. The summed E-state index contributed by atoms with van der Waals surface area (Å²) < 4.78 is 1.94. The molecule has 2 aromatic rings. The SMILES string of the molecule is Cc1cn(-c2cc(Cl)ncc2C)cn1. The van der Waals surface area contributed by atoms with Crippen LogP contribution in [0.2, 0.25) is 5.15 Å². The Morgan fingerprint density at radius 1 is 1.29 bits per heavy atom. The van der Waals surface area contributed by atoms with Crippen molar-refractivity contribution in [1.82, 2.24) is 14.5 Å². The van der Waals surface area contributed by atoms with Gasteiger partial charge >= 0.3 is 0 Å². The van der Waals surface area contributed by atoms with E-state index in [-0.39, 0.29) is 0 Å². The molecule has 0 atom stereocenters. The number of hydrogen-bond acceptors (Lipinski definition) is 2. The molecule has 0 aliphatic rings. The molecule has 0 saturated heterocycles. The summed E-state index contributed by atoms with van der Waals surface area (Å²) in [6.45, 7) is 3.95. The summed E-state index contributed by atoms with van der Waals surface area (Å²) >= 11 is 5.83. The van der Waals surface area contributed by atoms with E-state index in [0.29, 0.717) is 5.15 Å². The third-order valence-corrected chi connectivity index (χ3v) is 2.24. The van der Waals surface area contributed by atoms with E-state index in [1.165, 1.54) is 0 Å². The maximum atomic E-state index is 5.83. The van der Waals surface area contributed by atoms with Crippen molar-refractivity contribution in [3.8, 4) is 5.69 Å². The molecule has 0 aromatic carbocycles. The first-order chi connectivity index (χ1) is 6.66. The Kier molecular flexibility index (Phi) is 2.25. The highest BCUT2D eigenvalue weighted by molar-refractivity contribution is 6.29. The Morgan fingerprint density at radius 2 is 2.07 bits per heavy atom. The van der Waals surface area contributed by atoms with Crippen molar-refractivity contribution in [1.29, 1.82) is 0 Å². The van der Waals surface area contributed by atoms with E-state index in [2.05, 4.69) is 9.97 Å². The van der Waals surface area contributed by atoms with E-state index >= 15 is 0 Å². The minimum Gasteiger partial charge on any atom is -0.306 e. The predicted octanol–water partition coefficient (Wildman–Crippen LogP) is 2.54. The number of hydrogen-bond donors (Lipinski definition) is 0. The van der Waals surface area contributed by atoms with Gasteiger partial charge in [-0.1, -0.05) is 11.6 Å². The van der Waals surface area contributed by atoms with Crippen LogP contribution >= 0.6 is 11.6 Å². The van der Waals surface area contributed by atoms with Crippen molar-refractivity contribution in [2.45, 2.75) is 13.8 Å². The zero-order valence-corrected chi connectivity index (χ0v) is 8.78. The molecule has 0 amide bonds. The van der Waals surface area contributed by atoms with Crippen molar-refractivity contribution < 1.29 is 0 Å². The topological polar surface area (TPSA) is 30.7 Å². The highest BCUT2D eigenvalue weighted by atomic mass is 35.5. The second kappa shape index (κ2) is 3.42. The van der Waals surface area contributed by atoms with E-state index in [9.17, 15) is 0 Å². The summed E-state index contributed by atoms with van der Waals surface area (Å²) in [6.07, 6.45) is 5.49. The molecule has 2 rings (SSSR count). The second-order valence-corrected chi connectivity index (χ2v) is 3.60. The van der Waals surface area contributed by atoms with Crippen LogP contribution < -0.4 is 0 Å². The molecule has 72 valence electrons. The lowest BCUT2D eigenvalue weighted by atomic mass is 10.2. The molecule has 0 spiro atoms. The van der Waals surface area contributed by atoms with Crippen LogP contribution in [0.1, 0.15) is 11.3 Å². The average molecular weight is 208 g/mol. The van der Waals surface area contributed by atoms with E-state index in [1.807, 2.05) is 30.7 Å². The summed E-state index contributed by atoms with van der Waals surface area (Å²) in [7, 11) is 0. The van der Waals surface area contributed by atoms with Crippen LogP contribution in [0.25, 0.3) is 5.69 Å². The first kappa shape index (κ1) is 9.21. The summed E-state index contributed by atoms with van der Waals surface area (Å²) in [6, 6.07) is 1.83. The monoisotopic (exact) mass is 207 g/mol.